The van der Waals surface area contributed by atoms with Crippen molar-refractivity contribution in [1.29, 1.82) is 0 Å². The molecule has 1 atom stereocenters. The highest BCUT2D eigenvalue weighted by Gasteiger charge is 2.28. The van der Waals surface area contributed by atoms with Crippen molar-refractivity contribution in [2.75, 3.05) is 13.2 Å². The number of benzene rings is 2. The van der Waals surface area contributed by atoms with Gasteiger partial charge >= 0.3 is 0 Å². The third-order valence-electron chi connectivity index (χ3n) is 3.92. The SMILES string of the molecule is CC(C)NC(=O)[C@@H](NS(=O)(=O)c1ccc2c(c1)OCCO2)c1ccccc1. The number of hydrogen-bond donors (Lipinski definition) is 2. The zero-order valence-corrected chi connectivity index (χ0v) is 16.0. The van der Waals surface area contributed by atoms with Gasteiger partial charge in [-0.05, 0) is 31.5 Å². The van der Waals surface area contributed by atoms with Gasteiger partial charge in [0.25, 0.3) is 0 Å². The Morgan fingerprint density at radius 3 is 2.33 bits per heavy atom. The molecule has 0 aromatic heterocycles. The molecule has 1 aliphatic rings. The summed E-state index contributed by atoms with van der Waals surface area (Å²) in [6.45, 7) is 4.40. The van der Waals surface area contributed by atoms with Crippen molar-refractivity contribution >= 4 is 15.9 Å². The lowest BCUT2D eigenvalue weighted by Crippen LogP contribution is -2.42. The van der Waals surface area contributed by atoms with Gasteiger partial charge in [0.1, 0.15) is 19.3 Å². The molecule has 3 rings (SSSR count). The number of sulfonamides is 1. The van der Waals surface area contributed by atoms with E-state index >= 15 is 0 Å². The summed E-state index contributed by atoms with van der Waals surface area (Å²) in [6, 6.07) is 11.9. The van der Waals surface area contributed by atoms with Crippen LogP contribution in [0.3, 0.4) is 0 Å². The van der Waals surface area contributed by atoms with Crippen LogP contribution in [0.15, 0.2) is 53.4 Å². The molecule has 144 valence electrons. The van der Waals surface area contributed by atoms with Crippen LogP contribution < -0.4 is 19.5 Å². The monoisotopic (exact) mass is 390 g/mol. The van der Waals surface area contributed by atoms with E-state index in [4.69, 9.17) is 9.47 Å². The normalized spacial score (nSPS) is 14.6. The molecule has 1 amide bonds. The number of hydrogen-bond acceptors (Lipinski definition) is 5. The maximum atomic E-state index is 12.9. The van der Waals surface area contributed by atoms with E-state index < -0.39 is 22.0 Å². The highest BCUT2D eigenvalue weighted by molar-refractivity contribution is 7.89. The Kier molecular flexibility index (Phi) is 5.67. The molecular formula is C19H22N2O5S. The molecule has 2 aromatic rings. The summed E-state index contributed by atoms with van der Waals surface area (Å²) >= 11 is 0. The van der Waals surface area contributed by atoms with Gasteiger partial charge in [0, 0.05) is 12.1 Å². The van der Waals surface area contributed by atoms with Crippen molar-refractivity contribution in [2.45, 2.75) is 30.8 Å². The first kappa shape index (κ1) is 19.2. The third kappa shape index (κ3) is 4.58. The molecule has 0 bridgehead atoms. The average molecular weight is 390 g/mol. The van der Waals surface area contributed by atoms with E-state index in [-0.39, 0.29) is 10.9 Å². The first-order valence-corrected chi connectivity index (χ1v) is 10.1. The molecule has 2 N–H and O–H groups in total. The van der Waals surface area contributed by atoms with Gasteiger partial charge in [0.05, 0.1) is 4.90 Å². The summed E-state index contributed by atoms with van der Waals surface area (Å²) < 4.78 is 39.2. The van der Waals surface area contributed by atoms with E-state index in [9.17, 15) is 13.2 Å². The van der Waals surface area contributed by atoms with Crippen LogP contribution in [0.25, 0.3) is 0 Å². The number of nitrogens with one attached hydrogen (secondary N) is 2. The third-order valence-corrected chi connectivity index (χ3v) is 5.34. The predicted molar refractivity (Wildman–Crippen MR) is 100 cm³/mol. The molecule has 0 aliphatic carbocycles. The summed E-state index contributed by atoms with van der Waals surface area (Å²) in [4.78, 5) is 12.6. The van der Waals surface area contributed by atoms with E-state index in [0.29, 0.717) is 30.3 Å². The van der Waals surface area contributed by atoms with Crippen LogP contribution in [0.4, 0.5) is 0 Å². The number of fused-ring (bicyclic) bond motifs is 1. The molecule has 27 heavy (non-hydrogen) atoms. The number of carbonyl (C=O) groups is 1. The molecule has 7 nitrogen and oxygen atoms in total. The fourth-order valence-electron chi connectivity index (χ4n) is 2.70. The van der Waals surface area contributed by atoms with Gasteiger partial charge in [-0.25, -0.2) is 8.42 Å². The minimum atomic E-state index is -3.97. The van der Waals surface area contributed by atoms with E-state index in [2.05, 4.69) is 10.0 Å². The number of amides is 1. The fraction of sp³-hybridized carbons (Fsp3) is 0.316. The standard InChI is InChI=1S/C19H22N2O5S/c1-13(2)20-19(22)18(14-6-4-3-5-7-14)21-27(23,24)15-8-9-16-17(12-15)26-11-10-25-16/h3-9,12-13,18,21H,10-11H2,1-2H3,(H,20,22)/t18-/m0/s1. The van der Waals surface area contributed by atoms with E-state index in [1.54, 1.807) is 36.4 Å². The molecule has 0 radical (unpaired) electrons. The second-order valence-electron chi connectivity index (χ2n) is 6.43. The van der Waals surface area contributed by atoms with Gasteiger partial charge in [0.15, 0.2) is 11.5 Å². The molecular weight excluding hydrogens is 368 g/mol. The van der Waals surface area contributed by atoms with Crippen LogP contribution in [0.2, 0.25) is 0 Å². The molecule has 0 saturated heterocycles. The molecule has 0 spiro atoms. The number of carbonyl (C=O) groups excluding carboxylic acids is 1. The zero-order chi connectivity index (χ0) is 19.4. The van der Waals surface area contributed by atoms with Gasteiger partial charge in [-0.15, -0.1) is 0 Å². The largest absolute Gasteiger partial charge is 0.486 e. The highest BCUT2D eigenvalue weighted by atomic mass is 32.2. The summed E-state index contributed by atoms with van der Waals surface area (Å²) in [5.74, 6) is 0.446. The second kappa shape index (κ2) is 7.98. The van der Waals surface area contributed by atoms with E-state index in [1.807, 2.05) is 13.8 Å². The summed E-state index contributed by atoms with van der Waals surface area (Å²) in [5.41, 5.74) is 0.553. The molecule has 0 unspecified atom stereocenters. The number of ether oxygens (including phenoxy) is 2. The lowest BCUT2D eigenvalue weighted by molar-refractivity contribution is -0.123. The van der Waals surface area contributed by atoms with Gasteiger partial charge in [0.2, 0.25) is 15.9 Å². The molecule has 0 saturated carbocycles. The summed E-state index contributed by atoms with van der Waals surface area (Å²) in [7, 11) is -3.97. The molecule has 1 aliphatic heterocycles. The summed E-state index contributed by atoms with van der Waals surface area (Å²) in [6.07, 6.45) is 0. The predicted octanol–water partition coefficient (Wildman–Crippen LogP) is 2.00. The minimum absolute atomic E-state index is 0.00466. The molecule has 1 heterocycles. The summed E-state index contributed by atoms with van der Waals surface area (Å²) in [5, 5.41) is 2.75. The van der Waals surface area contributed by atoms with Crippen molar-refractivity contribution in [3.8, 4) is 11.5 Å². The lowest BCUT2D eigenvalue weighted by atomic mass is 10.1. The highest BCUT2D eigenvalue weighted by Crippen LogP contribution is 2.32. The Bertz CT molecular complexity index is 913. The van der Waals surface area contributed by atoms with Crippen molar-refractivity contribution in [3.05, 3.63) is 54.1 Å². The lowest BCUT2D eigenvalue weighted by Gasteiger charge is -2.22. The van der Waals surface area contributed by atoms with Crippen LogP contribution in [0.5, 0.6) is 11.5 Å². The van der Waals surface area contributed by atoms with Crippen LogP contribution >= 0.6 is 0 Å². The van der Waals surface area contributed by atoms with Crippen LogP contribution in [0.1, 0.15) is 25.5 Å². The fourth-order valence-corrected chi connectivity index (χ4v) is 3.90. The first-order valence-electron chi connectivity index (χ1n) is 8.64. The molecule has 2 aromatic carbocycles. The van der Waals surface area contributed by atoms with Crippen LogP contribution in [-0.2, 0) is 14.8 Å². The van der Waals surface area contributed by atoms with Crippen LogP contribution in [0, 0.1) is 0 Å². The topological polar surface area (TPSA) is 93.7 Å². The first-order chi connectivity index (χ1) is 12.9. The maximum absolute atomic E-state index is 12.9. The van der Waals surface area contributed by atoms with Crippen molar-refractivity contribution in [3.63, 3.8) is 0 Å². The van der Waals surface area contributed by atoms with Gasteiger partial charge in [-0.3, -0.25) is 4.79 Å². The van der Waals surface area contributed by atoms with Gasteiger partial charge < -0.3 is 14.8 Å². The minimum Gasteiger partial charge on any atom is -0.486 e. The van der Waals surface area contributed by atoms with Crippen molar-refractivity contribution in [1.82, 2.24) is 10.0 Å². The van der Waals surface area contributed by atoms with Crippen molar-refractivity contribution in [2.24, 2.45) is 0 Å². The van der Waals surface area contributed by atoms with E-state index in [1.165, 1.54) is 12.1 Å². The smallest absolute Gasteiger partial charge is 0.242 e. The molecule has 0 fully saturated rings. The quantitative estimate of drug-likeness (QED) is 0.787. The Morgan fingerprint density at radius 2 is 1.67 bits per heavy atom. The Hall–Kier alpha value is -2.58. The maximum Gasteiger partial charge on any atom is 0.242 e. The molecule has 8 heteroatoms. The Labute approximate surface area is 158 Å². The Balaban J connectivity index is 1.91. The second-order valence-corrected chi connectivity index (χ2v) is 8.15. The average Bonchev–Trinajstić information content (AvgIpc) is 2.66. The van der Waals surface area contributed by atoms with E-state index in [0.717, 1.165) is 0 Å². The van der Waals surface area contributed by atoms with Gasteiger partial charge in [-0.1, -0.05) is 30.3 Å². The van der Waals surface area contributed by atoms with Gasteiger partial charge in [-0.2, -0.15) is 4.72 Å². The van der Waals surface area contributed by atoms with Crippen molar-refractivity contribution < 1.29 is 22.7 Å². The zero-order valence-electron chi connectivity index (χ0n) is 15.1. The van der Waals surface area contributed by atoms with Crippen LogP contribution in [-0.4, -0.2) is 33.6 Å². The number of rotatable bonds is 6. The Morgan fingerprint density at radius 1 is 1.00 bits per heavy atom.